The van der Waals surface area contributed by atoms with Crippen LogP contribution < -0.4 is 4.74 Å². The Balaban J connectivity index is 1.57. The minimum atomic E-state index is -0.294. The Morgan fingerprint density at radius 1 is 1.03 bits per heavy atom. The topological polar surface area (TPSA) is 51.5 Å². The lowest BCUT2D eigenvalue weighted by atomic mass is 10.2. The molecule has 1 aromatic heterocycles. The number of carbonyl (C=O) groups is 2. The molecule has 0 N–H and O–H groups in total. The maximum atomic E-state index is 12.8. The summed E-state index contributed by atoms with van der Waals surface area (Å²) in [5.74, 6) is 0.475. The molecule has 1 fully saturated rings. The van der Waals surface area contributed by atoms with Crippen LogP contribution in [-0.2, 0) is 11.3 Å². The van der Waals surface area contributed by atoms with E-state index in [9.17, 15) is 9.59 Å². The minimum Gasteiger partial charge on any atom is -0.497 e. The Morgan fingerprint density at radius 2 is 1.76 bits per heavy atom. The van der Waals surface area contributed by atoms with Crippen molar-refractivity contribution in [1.82, 2.24) is 9.47 Å². The Hall–Kier alpha value is -2.96. The number of ether oxygens (including phenoxy) is 1. The molecule has 0 saturated carbocycles. The molecule has 0 unspecified atom stereocenters. The minimum absolute atomic E-state index is 0.221. The van der Waals surface area contributed by atoms with Gasteiger partial charge in [-0.1, -0.05) is 23.7 Å². The standard InChI is InChI=1S/C22H17ClN2O3S/c1-28-19-10-8-17(9-11-19)24-12-2-3-18(24)13-20-21(26)25(22(27)29-20)14-15-4-6-16(23)7-5-15/h2-13H,14H2,1H3/b20-13-. The third-order valence-corrected chi connectivity index (χ3v) is 5.70. The van der Waals surface area contributed by atoms with Crippen LogP contribution >= 0.6 is 23.4 Å². The molecule has 29 heavy (non-hydrogen) atoms. The summed E-state index contributed by atoms with van der Waals surface area (Å²) in [4.78, 5) is 26.9. The number of benzene rings is 2. The van der Waals surface area contributed by atoms with Crippen LogP contribution in [0.25, 0.3) is 11.8 Å². The second kappa shape index (κ2) is 8.19. The van der Waals surface area contributed by atoms with E-state index in [1.165, 1.54) is 4.90 Å². The van der Waals surface area contributed by atoms with Crippen molar-refractivity contribution in [3.05, 3.63) is 88.0 Å². The summed E-state index contributed by atoms with van der Waals surface area (Å²) in [6.45, 7) is 0.221. The van der Waals surface area contributed by atoms with Gasteiger partial charge in [0.05, 0.1) is 18.6 Å². The molecule has 146 valence electrons. The van der Waals surface area contributed by atoms with Crippen molar-refractivity contribution in [2.24, 2.45) is 0 Å². The Kier molecular flexibility index (Phi) is 5.47. The number of halogens is 1. The number of aromatic nitrogens is 1. The maximum absolute atomic E-state index is 12.8. The van der Waals surface area contributed by atoms with Gasteiger partial charge in [0.2, 0.25) is 0 Å². The fraction of sp³-hybridized carbons (Fsp3) is 0.0909. The van der Waals surface area contributed by atoms with Crippen LogP contribution in [-0.4, -0.2) is 27.7 Å². The van der Waals surface area contributed by atoms with Crippen molar-refractivity contribution in [2.45, 2.75) is 6.54 Å². The van der Waals surface area contributed by atoms with Crippen LogP contribution in [0.15, 0.2) is 71.8 Å². The first kappa shape index (κ1) is 19.4. The molecule has 0 bridgehead atoms. The summed E-state index contributed by atoms with van der Waals surface area (Å²) >= 11 is 6.85. The molecule has 2 heterocycles. The smallest absolute Gasteiger partial charge is 0.293 e. The second-order valence-electron chi connectivity index (χ2n) is 6.40. The van der Waals surface area contributed by atoms with Crippen molar-refractivity contribution < 1.29 is 14.3 Å². The van der Waals surface area contributed by atoms with Gasteiger partial charge in [-0.05, 0) is 71.9 Å². The van der Waals surface area contributed by atoms with E-state index in [0.717, 1.165) is 34.5 Å². The highest BCUT2D eigenvalue weighted by Gasteiger charge is 2.35. The van der Waals surface area contributed by atoms with Crippen LogP contribution in [0.1, 0.15) is 11.3 Å². The molecule has 3 aromatic rings. The lowest BCUT2D eigenvalue weighted by molar-refractivity contribution is -0.123. The summed E-state index contributed by atoms with van der Waals surface area (Å²) in [7, 11) is 1.62. The molecule has 2 aromatic carbocycles. The average molecular weight is 425 g/mol. The predicted octanol–water partition coefficient (Wildman–Crippen LogP) is 5.38. The zero-order valence-corrected chi connectivity index (χ0v) is 17.1. The number of hydrogen-bond acceptors (Lipinski definition) is 4. The van der Waals surface area contributed by atoms with E-state index < -0.39 is 0 Å². The SMILES string of the molecule is COc1ccc(-n2cccc2/C=C2\SC(=O)N(Cc3ccc(Cl)cc3)C2=O)cc1. The monoisotopic (exact) mass is 424 g/mol. The summed E-state index contributed by atoms with van der Waals surface area (Å²) in [6, 6.07) is 18.5. The summed E-state index contributed by atoms with van der Waals surface area (Å²) in [5, 5.41) is 0.334. The summed E-state index contributed by atoms with van der Waals surface area (Å²) in [5.41, 5.74) is 2.59. The number of thioether (sulfide) groups is 1. The highest BCUT2D eigenvalue weighted by molar-refractivity contribution is 8.18. The van der Waals surface area contributed by atoms with Gasteiger partial charge < -0.3 is 9.30 Å². The van der Waals surface area contributed by atoms with Crippen LogP contribution in [0.3, 0.4) is 0 Å². The molecule has 0 spiro atoms. The van der Waals surface area contributed by atoms with Crippen molar-refractivity contribution in [3.8, 4) is 11.4 Å². The number of rotatable bonds is 5. The normalized spacial score (nSPS) is 15.4. The number of amides is 2. The Labute approximate surface area is 177 Å². The summed E-state index contributed by atoms with van der Waals surface area (Å²) < 4.78 is 7.15. The van der Waals surface area contributed by atoms with Crippen molar-refractivity contribution in [3.63, 3.8) is 0 Å². The first-order valence-electron chi connectivity index (χ1n) is 8.87. The Bertz CT molecular complexity index is 1090. The van der Waals surface area contributed by atoms with Crippen LogP contribution in [0.4, 0.5) is 4.79 Å². The lowest BCUT2D eigenvalue weighted by Gasteiger charge is -2.12. The van der Waals surface area contributed by atoms with Gasteiger partial charge >= 0.3 is 0 Å². The van der Waals surface area contributed by atoms with Crippen molar-refractivity contribution in [2.75, 3.05) is 7.11 Å². The van der Waals surface area contributed by atoms with Gasteiger partial charge in [0.25, 0.3) is 11.1 Å². The van der Waals surface area contributed by atoms with E-state index >= 15 is 0 Å². The zero-order chi connectivity index (χ0) is 20.4. The van der Waals surface area contributed by atoms with Gasteiger partial charge in [-0.25, -0.2) is 0 Å². The first-order chi connectivity index (χ1) is 14.0. The lowest BCUT2D eigenvalue weighted by Crippen LogP contribution is -2.27. The third kappa shape index (κ3) is 4.09. The van der Waals surface area contributed by atoms with Crippen LogP contribution in [0, 0.1) is 0 Å². The fourth-order valence-corrected chi connectivity index (χ4v) is 3.98. The van der Waals surface area contributed by atoms with Gasteiger partial charge in [0.1, 0.15) is 5.75 Å². The van der Waals surface area contributed by atoms with E-state index in [1.54, 1.807) is 25.3 Å². The molecule has 0 radical (unpaired) electrons. The third-order valence-electron chi connectivity index (χ3n) is 4.54. The molecular formula is C22H17ClN2O3S. The number of hydrogen-bond donors (Lipinski definition) is 0. The average Bonchev–Trinajstić information content (AvgIpc) is 3.30. The predicted molar refractivity (Wildman–Crippen MR) is 115 cm³/mol. The summed E-state index contributed by atoms with van der Waals surface area (Å²) in [6.07, 6.45) is 3.66. The zero-order valence-electron chi connectivity index (χ0n) is 15.5. The largest absolute Gasteiger partial charge is 0.497 e. The highest BCUT2D eigenvalue weighted by atomic mass is 35.5. The molecule has 4 rings (SSSR count). The number of nitrogens with zero attached hydrogens (tertiary/aromatic N) is 2. The molecular weight excluding hydrogens is 408 g/mol. The molecule has 1 saturated heterocycles. The molecule has 7 heteroatoms. The molecule has 0 atom stereocenters. The fourth-order valence-electron chi connectivity index (χ4n) is 3.03. The second-order valence-corrected chi connectivity index (χ2v) is 7.83. The van der Waals surface area contributed by atoms with E-state index in [2.05, 4.69) is 0 Å². The molecule has 0 aliphatic carbocycles. The first-order valence-corrected chi connectivity index (χ1v) is 10.1. The van der Waals surface area contributed by atoms with Crippen LogP contribution in [0.2, 0.25) is 5.02 Å². The molecule has 1 aliphatic rings. The maximum Gasteiger partial charge on any atom is 0.293 e. The van der Waals surface area contributed by atoms with E-state index in [4.69, 9.17) is 16.3 Å². The van der Waals surface area contributed by atoms with Crippen LogP contribution in [0.5, 0.6) is 5.75 Å². The van der Waals surface area contributed by atoms with E-state index in [-0.39, 0.29) is 17.7 Å². The molecule has 2 amide bonds. The van der Waals surface area contributed by atoms with Gasteiger partial charge in [-0.3, -0.25) is 14.5 Å². The van der Waals surface area contributed by atoms with Gasteiger partial charge in [0.15, 0.2) is 0 Å². The Morgan fingerprint density at radius 3 is 2.45 bits per heavy atom. The van der Waals surface area contributed by atoms with E-state index in [0.29, 0.717) is 9.93 Å². The highest BCUT2D eigenvalue weighted by Crippen LogP contribution is 2.34. The quantitative estimate of drug-likeness (QED) is 0.516. The number of carbonyl (C=O) groups excluding carboxylic acids is 2. The number of methoxy groups -OCH3 is 1. The van der Waals surface area contributed by atoms with Crippen molar-refractivity contribution in [1.29, 1.82) is 0 Å². The van der Waals surface area contributed by atoms with Gasteiger partial charge in [-0.2, -0.15) is 0 Å². The van der Waals surface area contributed by atoms with E-state index in [1.807, 2.05) is 59.3 Å². The molecule has 5 nitrogen and oxygen atoms in total. The molecule has 1 aliphatic heterocycles. The van der Waals surface area contributed by atoms with Gasteiger partial charge in [0, 0.05) is 22.6 Å². The number of imide groups is 1. The van der Waals surface area contributed by atoms with Gasteiger partial charge in [-0.15, -0.1) is 0 Å². The van der Waals surface area contributed by atoms with Crippen molar-refractivity contribution >= 4 is 40.6 Å².